The van der Waals surface area contributed by atoms with Crippen LogP contribution in [0, 0.1) is 31.6 Å². The second kappa shape index (κ2) is 8.18. The number of aryl methyl sites for hydroxylation is 2. The number of phenolic OH excluding ortho intramolecular Hbond substituents is 1. The molecule has 0 aromatic heterocycles. The highest BCUT2D eigenvalue weighted by Crippen LogP contribution is 2.65. The number of ether oxygens (including phenoxy) is 2. The zero-order chi connectivity index (χ0) is 25.4. The number of likely N-dealkylation sites (tertiary alicyclic amines) is 1. The van der Waals surface area contributed by atoms with Crippen LogP contribution in [-0.4, -0.2) is 66.8 Å². The molecule has 4 aliphatic rings. The van der Waals surface area contributed by atoms with Crippen molar-refractivity contribution in [2.45, 2.75) is 63.1 Å². The Balaban J connectivity index is 1.38. The van der Waals surface area contributed by atoms with Gasteiger partial charge in [-0.05, 0) is 82.3 Å². The predicted molar refractivity (Wildman–Crippen MR) is 138 cm³/mol. The van der Waals surface area contributed by atoms with Gasteiger partial charge in [0.2, 0.25) is 0 Å². The van der Waals surface area contributed by atoms with Crippen LogP contribution in [0.4, 0.5) is 0 Å². The topological polar surface area (TPSA) is 62.2 Å². The molecule has 6 heteroatoms. The molecule has 2 heterocycles. The summed E-state index contributed by atoms with van der Waals surface area (Å²) in [7, 11) is 5.67. The molecule has 2 bridgehead atoms. The number of carbonyl (C=O) groups is 1. The van der Waals surface area contributed by atoms with Gasteiger partial charge in [-0.25, -0.2) is 0 Å². The SMILES string of the molecule is COc1cc(O)c2c3c1O[C@H]1[C@H](N(C)C(=O)C#Cc4ccc(C)c(C)c4)CC[C@H]4[C@@H](C2)N(C)CC[C@@]341. The van der Waals surface area contributed by atoms with E-state index in [0.717, 1.165) is 54.7 Å². The maximum atomic E-state index is 13.3. The van der Waals surface area contributed by atoms with Gasteiger partial charge in [-0.3, -0.25) is 4.79 Å². The number of nitrogens with zero attached hydrogens (tertiary/aromatic N) is 2. The third-order valence-electron chi connectivity index (χ3n) is 9.51. The molecular formula is C30H34N2O4. The molecule has 2 aliphatic carbocycles. The number of methoxy groups -OCH3 is 1. The number of hydrogen-bond acceptors (Lipinski definition) is 5. The molecule has 2 fully saturated rings. The molecule has 1 N–H and O–H groups in total. The number of benzene rings is 2. The number of rotatable bonds is 2. The van der Waals surface area contributed by atoms with Gasteiger partial charge in [0.15, 0.2) is 11.5 Å². The molecule has 6 rings (SSSR count). The van der Waals surface area contributed by atoms with Crippen LogP contribution in [0.25, 0.3) is 0 Å². The van der Waals surface area contributed by atoms with E-state index in [4.69, 9.17) is 9.47 Å². The summed E-state index contributed by atoms with van der Waals surface area (Å²) in [6.07, 6.45) is 3.45. The van der Waals surface area contributed by atoms with Gasteiger partial charge in [-0.15, -0.1) is 0 Å². The lowest BCUT2D eigenvalue weighted by Crippen LogP contribution is -2.68. The Morgan fingerprint density at radius 2 is 2.06 bits per heavy atom. The number of phenols is 1. The van der Waals surface area contributed by atoms with E-state index in [1.165, 1.54) is 11.1 Å². The summed E-state index contributed by atoms with van der Waals surface area (Å²) in [5.41, 5.74) is 5.12. The summed E-state index contributed by atoms with van der Waals surface area (Å²) in [5.74, 6) is 7.81. The van der Waals surface area contributed by atoms with E-state index in [1.54, 1.807) is 18.1 Å². The lowest BCUT2D eigenvalue weighted by atomic mass is 9.51. The van der Waals surface area contributed by atoms with E-state index in [1.807, 2.05) is 25.2 Å². The highest BCUT2D eigenvalue weighted by atomic mass is 16.5. The molecule has 5 atom stereocenters. The van der Waals surface area contributed by atoms with E-state index < -0.39 is 0 Å². The molecule has 0 radical (unpaired) electrons. The highest BCUT2D eigenvalue weighted by molar-refractivity contribution is 5.94. The molecule has 0 unspecified atom stereocenters. The van der Waals surface area contributed by atoms with Crippen molar-refractivity contribution >= 4 is 5.91 Å². The molecular weight excluding hydrogens is 452 g/mol. The Morgan fingerprint density at radius 3 is 2.81 bits per heavy atom. The molecule has 6 nitrogen and oxygen atoms in total. The van der Waals surface area contributed by atoms with Gasteiger partial charge in [0.05, 0.1) is 13.2 Å². The Morgan fingerprint density at radius 1 is 1.25 bits per heavy atom. The monoisotopic (exact) mass is 486 g/mol. The first kappa shape index (κ1) is 23.2. The smallest absolute Gasteiger partial charge is 0.298 e. The van der Waals surface area contributed by atoms with Crippen molar-refractivity contribution in [2.75, 3.05) is 27.7 Å². The van der Waals surface area contributed by atoms with E-state index in [2.05, 4.69) is 37.6 Å². The van der Waals surface area contributed by atoms with E-state index >= 15 is 0 Å². The van der Waals surface area contributed by atoms with Crippen LogP contribution in [0.15, 0.2) is 24.3 Å². The summed E-state index contributed by atoms with van der Waals surface area (Å²) in [6, 6.07) is 7.97. The minimum Gasteiger partial charge on any atom is -0.508 e. The highest BCUT2D eigenvalue weighted by Gasteiger charge is 2.66. The molecule has 1 spiro atoms. The summed E-state index contributed by atoms with van der Waals surface area (Å²) >= 11 is 0. The third kappa shape index (κ3) is 3.12. The van der Waals surface area contributed by atoms with Crippen LogP contribution >= 0.6 is 0 Å². The lowest BCUT2D eigenvalue weighted by Gasteiger charge is -2.59. The minimum absolute atomic E-state index is 0.0999. The molecule has 2 aliphatic heterocycles. The van der Waals surface area contributed by atoms with Crippen molar-refractivity contribution in [2.24, 2.45) is 5.92 Å². The number of likely N-dealkylation sites (N-methyl/N-ethyl adjacent to an activating group) is 2. The van der Waals surface area contributed by atoms with Gasteiger partial charge in [0.1, 0.15) is 11.9 Å². The van der Waals surface area contributed by atoms with Crippen molar-refractivity contribution in [3.63, 3.8) is 0 Å². The molecule has 2 aromatic rings. The van der Waals surface area contributed by atoms with Crippen LogP contribution in [0.2, 0.25) is 0 Å². The molecule has 1 saturated heterocycles. The summed E-state index contributed by atoms with van der Waals surface area (Å²) < 4.78 is 12.4. The van der Waals surface area contributed by atoms with E-state index in [-0.39, 0.29) is 23.5 Å². The fraction of sp³-hybridized carbons (Fsp3) is 0.500. The zero-order valence-electron chi connectivity index (χ0n) is 21.7. The maximum Gasteiger partial charge on any atom is 0.298 e. The number of carbonyl (C=O) groups excluding carboxylic acids is 1. The zero-order valence-corrected chi connectivity index (χ0v) is 21.7. The van der Waals surface area contributed by atoms with Gasteiger partial charge in [-0.1, -0.05) is 12.0 Å². The maximum absolute atomic E-state index is 13.3. The number of amides is 1. The Hall–Kier alpha value is -3.17. The average molecular weight is 487 g/mol. The first-order chi connectivity index (χ1) is 17.3. The van der Waals surface area contributed by atoms with Crippen molar-refractivity contribution in [1.29, 1.82) is 0 Å². The van der Waals surface area contributed by atoms with Gasteiger partial charge in [0.25, 0.3) is 5.91 Å². The van der Waals surface area contributed by atoms with E-state index in [0.29, 0.717) is 23.5 Å². The summed E-state index contributed by atoms with van der Waals surface area (Å²) in [6.45, 7) is 5.09. The molecule has 1 amide bonds. The second-order valence-corrected chi connectivity index (χ2v) is 11.1. The van der Waals surface area contributed by atoms with E-state index in [9.17, 15) is 9.90 Å². The van der Waals surface area contributed by atoms with Crippen molar-refractivity contribution < 1.29 is 19.4 Å². The van der Waals surface area contributed by atoms with Crippen molar-refractivity contribution in [1.82, 2.24) is 9.80 Å². The summed E-state index contributed by atoms with van der Waals surface area (Å²) in [5, 5.41) is 11.0. The third-order valence-corrected chi connectivity index (χ3v) is 9.51. The van der Waals surface area contributed by atoms with Gasteiger partial charge >= 0.3 is 0 Å². The van der Waals surface area contributed by atoms with Crippen molar-refractivity contribution in [3.05, 3.63) is 52.1 Å². The molecule has 1 saturated carbocycles. The van der Waals surface area contributed by atoms with Crippen LogP contribution in [0.3, 0.4) is 0 Å². The molecule has 2 aromatic carbocycles. The van der Waals surface area contributed by atoms with Crippen LogP contribution in [0.1, 0.15) is 47.1 Å². The average Bonchev–Trinajstić information content (AvgIpc) is 3.21. The fourth-order valence-corrected chi connectivity index (χ4v) is 7.49. The Kier molecular flexibility index (Phi) is 5.28. The first-order valence-corrected chi connectivity index (χ1v) is 12.9. The van der Waals surface area contributed by atoms with Gasteiger partial charge < -0.3 is 24.4 Å². The molecule has 36 heavy (non-hydrogen) atoms. The standard InChI is InChI=1S/C30H34N2O4/c1-17-6-7-19(14-18(17)2)8-11-26(34)32(4)22-10-9-21-23-15-20-24(33)16-25(35-5)28-27(20)30(21,29(22)36-28)12-13-31(23)3/h6-7,14,16,21-23,29,33H,9-10,12-13,15H2,1-5H3/t21-,22+,23+,29-,30-/m0/s1. The Bertz CT molecular complexity index is 1320. The number of aromatic hydroxyl groups is 1. The molecule has 188 valence electrons. The van der Waals surface area contributed by atoms with Crippen molar-refractivity contribution in [3.8, 4) is 29.1 Å². The van der Waals surface area contributed by atoms with Gasteiger partial charge in [0, 0.05) is 47.2 Å². The van der Waals surface area contributed by atoms with Crippen LogP contribution < -0.4 is 9.47 Å². The number of hydrogen-bond donors (Lipinski definition) is 1. The normalized spacial score (nSPS) is 29.5. The largest absolute Gasteiger partial charge is 0.508 e. The minimum atomic E-state index is -0.231. The quantitative estimate of drug-likeness (QED) is 0.658. The fourth-order valence-electron chi connectivity index (χ4n) is 7.49. The second-order valence-electron chi connectivity index (χ2n) is 11.1. The Labute approximate surface area is 213 Å². The lowest BCUT2D eigenvalue weighted by molar-refractivity contribution is -0.133. The summed E-state index contributed by atoms with van der Waals surface area (Å²) in [4.78, 5) is 17.6. The first-order valence-electron chi connectivity index (χ1n) is 12.9. The van der Waals surface area contributed by atoms with Gasteiger partial charge in [-0.2, -0.15) is 0 Å². The van der Waals surface area contributed by atoms with Crippen LogP contribution in [0.5, 0.6) is 17.2 Å². The number of piperidine rings is 1. The predicted octanol–water partition coefficient (Wildman–Crippen LogP) is 3.57. The van der Waals surface area contributed by atoms with Crippen LogP contribution in [-0.2, 0) is 16.6 Å².